The summed E-state index contributed by atoms with van der Waals surface area (Å²) >= 11 is 0. The summed E-state index contributed by atoms with van der Waals surface area (Å²) in [5.74, 6) is -0.356. The molecule has 0 aromatic heterocycles. The number of nitrogens with zero attached hydrogens (tertiary/aromatic N) is 3. The van der Waals surface area contributed by atoms with Crippen molar-refractivity contribution < 1.29 is 19.1 Å². The Kier molecular flexibility index (Phi) is 6.32. The van der Waals surface area contributed by atoms with Crippen molar-refractivity contribution in [3.8, 4) is 11.8 Å². The first-order valence-electron chi connectivity index (χ1n) is 9.47. The molecule has 0 radical (unpaired) electrons. The Morgan fingerprint density at radius 1 is 1.23 bits per heavy atom. The molecule has 0 spiro atoms. The van der Waals surface area contributed by atoms with Crippen molar-refractivity contribution in [1.29, 1.82) is 5.26 Å². The summed E-state index contributed by atoms with van der Waals surface area (Å²) in [5.41, 5.74) is 1.67. The van der Waals surface area contributed by atoms with Crippen molar-refractivity contribution in [2.45, 2.75) is 19.4 Å². The zero-order valence-electron chi connectivity index (χ0n) is 16.8. The minimum absolute atomic E-state index is 0.150. The summed E-state index contributed by atoms with van der Waals surface area (Å²) in [4.78, 5) is 40.3. The smallest absolute Gasteiger partial charge is 0.260 e. The highest BCUT2D eigenvalue weighted by Crippen LogP contribution is 2.31. The fourth-order valence-electron chi connectivity index (χ4n) is 3.22. The van der Waals surface area contributed by atoms with Crippen molar-refractivity contribution in [2.24, 2.45) is 0 Å². The monoisotopic (exact) mass is 406 g/mol. The van der Waals surface area contributed by atoms with Crippen LogP contribution in [-0.4, -0.2) is 48.9 Å². The molecule has 3 rings (SSSR count). The number of hydrogen-bond acceptors (Lipinski definition) is 5. The third kappa shape index (κ3) is 4.75. The van der Waals surface area contributed by atoms with Gasteiger partial charge in [-0.3, -0.25) is 14.4 Å². The Balaban J connectivity index is 1.64. The van der Waals surface area contributed by atoms with Crippen LogP contribution in [0.2, 0.25) is 0 Å². The van der Waals surface area contributed by atoms with E-state index in [-0.39, 0.29) is 43.3 Å². The molecule has 154 valence electrons. The molecule has 0 aliphatic carbocycles. The number of para-hydroxylation sites is 2. The molecule has 2 aromatic rings. The highest BCUT2D eigenvalue weighted by atomic mass is 16.5. The lowest BCUT2D eigenvalue weighted by molar-refractivity contribution is -0.135. The highest BCUT2D eigenvalue weighted by molar-refractivity contribution is 6.05. The van der Waals surface area contributed by atoms with Gasteiger partial charge in [0.05, 0.1) is 29.6 Å². The number of hydrogen-bond donors (Lipinski definition) is 1. The second kappa shape index (κ2) is 9.09. The maximum Gasteiger partial charge on any atom is 0.260 e. The van der Waals surface area contributed by atoms with Crippen LogP contribution in [0.25, 0.3) is 0 Å². The van der Waals surface area contributed by atoms with Crippen molar-refractivity contribution >= 4 is 29.1 Å². The fraction of sp³-hybridized carbons (Fsp3) is 0.273. The first-order valence-corrected chi connectivity index (χ1v) is 9.47. The van der Waals surface area contributed by atoms with Gasteiger partial charge in [0, 0.05) is 19.5 Å². The number of rotatable bonds is 5. The van der Waals surface area contributed by atoms with Gasteiger partial charge >= 0.3 is 0 Å². The molecule has 0 saturated heterocycles. The average Bonchev–Trinajstić information content (AvgIpc) is 2.86. The zero-order valence-corrected chi connectivity index (χ0v) is 16.8. The van der Waals surface area contributed by atoms with Crippen LogP contribution in [0.15, 0.2) is 48.5 Å². The standard InChI is InChI=1S/C22H22N4O4/c1-15-11-20(27)24-18-5-3-4-6-19(18)26(15)21(28)13-25(2)22(29)14-30-17-9-7-16(12-23)8-10-17/h3-10,15H,11,13-14H2,1-2H3,(H,24,27)/t15-/m1/s1. The van der Waals surface area contributed by atoms with E-state index in [2.05, 4.69) is 5.32 Å². The maximum absolute atomic E-state index is 13.0. The van der Waals surface area contributed by atoms with Gasteiger partial charge in [0.1, 0.15) is 5.75 Å². The second-order valence-electron chi connectivity index (χ2n) is 7.06. The van der Waals surface area contributed by atoms with E-state index in [9.17, 15) is 14.4 Å². The Hall–Kier alpha value is -3.86. The molecule has 1 aliphatic heterocycles. The van der Waals surface area contributed by atoms with Gasteiger partial charge in [-0.25, -0.2) is 0 Å². The molecule has 1 N–H and O–H groups in total. The molecule has 0 bridgehead atoms. The SMILES string of the molecule is C[C@@H]1CC(=O)Nc2ccccc2N1C(=O)CN(C)C(=O)COc1ccc(C#N)cc1. The fourth-order valence-corrected chi connectivity index (χ4v) is 3.22. The zero-order chi connectivity index (χ0) is 21.7. The van der Waals surface area contributed by atoms with Crippen LogP contribution in [0.1, 0.15) is 18.9 Å². The number of anilines is 2. The lowest BCUT2D eigenvalue weighted by atomic mass is 10.1. The molecular weight excluding hydrogens is 384 g/mol. The second-order valence-corrected chi connectivity index (χ2v) is 7.06. The van der Waals surface area contributed by atoms with Crippen molar-refractivity contribution in [3.05, 3.63) is 54.1 Å². The van der Waals surface area contributed by atoms with E-state index in [0.29, 0.717) is 22.7 Å². The van der Waals surface area contributed by atoms with Gasteiger partial charge in [-0.05, 0) is 43.3 Å². The number of fused-ring (bicyclic) bond motifs is 1. The topological polar surface area (TPSA) is 103 Å². The first-order chi connectivity index (χ1) is 14.4. The largest absolute Gasteiger partial charge is 0.484 e. The molecule has 0 fully saturated rings. The van der Waals surface area contributed by atoms with E-state index in [4.69, 9.17) is 10.00 Å². The molecule has 0 saturated carbocycles. The number of nitriles is 1. The number of ether oxygens (including phenoxy) is 1. The van der Waals surface area contributed by atoms with Crippen LogP contribution in [0.5, 0.6) is 5.75 Å². The summed E-state index contributed by atoms with van der Waals surface area (Å²) < 4.78 is 5.45. The van der Waals surface area contributed by atoms with E-state index in [0.717, 1.165) is 0 Å². The van der Waals surface area contributed by atoms with E-state index < -0.39 is 0 Å². The van der Waals surface area contributed by atoms with E-state index in [1.165, 1.54) is 11.9 Å². The maximum atomic E-state index is 13.0. The first kappa shape index (κ1) is 20.9. The highest BCUT2D eigenvalue weighted by Gasteiger charge is 2.30. The predicted molar refractivity (Wildman–Crippen MR) is 111 cm³/mol. The Labute approximate surface area is 174 Å². The summed E-state index contributed by atoms with van der Waals surface area (Å²) in [5, 5.41) is 11.6. The molecule has 1 aliphatic rings. The number of amides is 3. The number of nitrogens with one attached hydrogen (secondary N) is 1. The van der Waals surface area contributed by atoms with Crippen LogP contribution in [0, 0.1) is 11.3 Å². The van der Waals surface area contributed by atoms with Crippen LogP contribution in [0.3, 0.4) is 0 Å². The molecule has 1 heterocycles. The van der Waals surface area contributed by atoms with Crippen molar-refractivity contribution in [3.63, 3.8) is 0 Å². The third-order valence-electron chi connectivity index (χ3n) is 4.77. The van der Waals surface area contributed by atoms with Crippen molar-refractivity contribution in [2.75, 3.05) is 30.4 Å². The molecule has 3 amide bonds. The lowest BCUT2D eigenvalue weighted by Gasteiger charge is -2.29. The number of likely N-dealkylation sites (N-methyl/N-ethyl adjacent to an activating group) is 1. The minimum Gasteiger partial charge on any atom is -0.484 e. The van der Waals surface area contributed by atoms with Gasteiger partial charge in [-0.1, -0.05) is 12.1 Å². The predicted octanol–water partition coefficient (Wildman–Crippen LogP) is 2.16. The lowest BCUT2D eigenvalue weighted by Crippen LogP contribution is -2.46. The van der Waals surface area contributed by atoms with Crippen LogP contribution >= 0.6 is 0 Å². The molecule has 8 nitrogen and oxygen atoms in total. The van der Waals surface area contributed by atoms with Gasteiger partial charge in [0.2, 0.25) is 11.8 Å². The summed E-state index contributed by atoms with van der Waals surface area (Å²) in [6.07, 6.45) is 0.167. The summed E-state index contributed by atoms with van der Waals surface area (Å²) in [7, 11) is 1.53. The van der Waals surface area contributed by atoms with Gasteiger partial charge < -0.3 is 19.9 Å². The van der Waals surface area contributed by atoms with Crippen molar-refractivity contribution in [1.82, 2.24) is 4.90 Å². The molecule has 2 aromatic carbocycles. The third-order valence-corrected chi connectivity index (χ3v) is 4.77. The van der Waals surface area contributed by atoms with E-state index in [1.54, 1.807) is 60.4 Å². The summed E-state index contributed by atoms with van der Waals surface area (Å²) in [6, 6.07) is 15.2. The minimum atomic E-state index is -0.363. The Bertz CT molecular complexity index is 997. The molecular formula is C22H22N4O4. The van der Waals surface area contributed by atoms with Crippen LogP contribution in [-0.2, 0) is 14.4 Å². The van der Waals surface area contributed by atoms with Gasteiger partial charge in [-0.2, -0.15) is 5.26 Å². The number of carbonyl (C=O) groups is 3. The summed E-state index contributed by atoms with van der Waals surface area (Å²) in [6.45, 7) is 1.42. The van der Waals surface area contributed by atoms with Gasteiger partial charge in [0.25, 0.3) is 5.91 Å². The van der Waals surface area contributed by atoms with E-state index in [1.807, 2.05) is 6.07 Å². The average molecular weight is 406 g/mol. The van der Waals surface area contributed by atoms with Crippen LogP contribution in [0.4, 0.5) is 11.4 Å². The quantitative estimate of drug-likeness (QED) is 0.820. The van der Waals surface area contributed by atoms with Gasteiger partial charge in [-0.15, -0.1) is 0 Å². The molecule has 8 heteroatoms. The molecule has 0 unspecified atom stereocenters. The van der Waals surface area contributed by atoms with Gasteiger partial charge in [0.15, 0.2) is 6.61 Å². The molecule has 30 heavy (non-hydrogen) atoms. The van der Waals surface area contributed by atoms with Crippen LogP contribution < -0.4 is 15.0 Å². The van der Waals surface area contributed by atoms with E-state index >= 15 is 0 Å². The number of benzene rings is 2. The normalized spacial score (nSPS) is 15.3. The number of carbonyl (C=O) groups excluding carboxylic acids is 3. The Morgan fingerprint density at radius 3 is 2.63 bits per heavy atom. The Morgan fingerprint density at radius 2 is 1.93 bits per heavy atom. The molecule has 1 atom stereocenters.